The van der Waals surface area contributed by atoms with Crippen LogP contribution < -0.4 is 15.4 Å². The largest absolute Gasteiger partial charge is 0.495 e. The number of likely N-dealkylation sites (N-methyl/N-ethyl adjacent to an activating group) is 1. The zero-order chi connectivity index (χ0) is 15.1. The number of hydrogen-bond acceptors (Lipinski definition) is 7. The van der Waals surface area contributed by atoms with Gasteiger partial charge in [0.1, 0.15) is 5.75 Å². The monoisotopic (exact) mass is 288 g/mol. The van der Waals surface area contributed by atoms with Crippen LogP contribution >= 0.6 is 0 Å². The fourth-order valence-electron chi connectivity index (χ4n) is 1.72. The van der Waals surface area contributed by atoms with Crippen molar-refractivity contribution in [2.75, 3.05) is 44.9 Å². The van der Waals surface area contributed by atoms with Crippen LogP contribution in [0.15, 0.2) is 30.5 Å². The van der Waals surface area contributed by atoms with Gasteiger partial charge in [0, 0.05) is 13.1 Å². The molecule has 0 aliphatic heterocycles. The Morgan fingerprint density at radius 1 is 1.24 bits per heavy atom. The molecule has 0 unspecified atom stereocenters. The molecule has 7 heteroatoms. The van der Waals surface area contributed by atoms with Crippen LogP contribution in [0.2, 0.25) is 0 Å². The Balaban J connectivity index is 2.03. The molecule has 0 bridgehead atoms. The normalized spacial score (nSPS) is 10.5. The lowest BCUT2D eigenvalue weighted by atomic mass is 10.3. The van der Waals surface area contributed by atoms with Crippen molar-refractivity contribution in [1.82, 2.24) is 20.1 Å². The fraction of sp³-hybridized carbons (Fsp3) is 0.357. The van der Waals surface area contributed by atoms with Crippen molar-refractivity contribution in [2.24, 2.45) is 0 Å². The van der Waals surface area contributed by atoms with Crippen LogP contribution in [0.5, 0.6) is 5.75 Å². The molecule has 21 heavy (non-hydrogen) atoms. The Kier molecular flexibility index (Phi) is 5.28. The van der Waals surface area contributed by atoms with Crippen molar-refractivity contribution in [3.8, 4) is 5.75 Å². The van der Waals surface area contributed by atoms with Gasteiger partial charge in [-0.15, -0.1) is 5.10 Å². The number of para-hydroxylation sites is 2. The van der Waals surface area contributed by atoms with Crippen molar-refractivity contribution < 1.29 is 4.74 Å². The van der Waals surface area contributed by atoms with Gasteiger partial charge in [-0.3, -0.25) is 0 Å². The molecule has 0 amide bonds. The van der Waals surface area contributed by atoms with E-state index in [2.05, 4.69) is 30.7 Å². The maximum atomic E-state index is 5.28. The Bertz CT molecular complexity index is 575. The molecule has 0 atom stereocenters. The molecule has 0 aliphatic rings. The Labute approximate surface area is 124 Å². The molecule has 0 saturated heterocycles. The molecule has 0 saturated carbocycles. The van der Waals surface area contributed by atoms with E-state index in [0.29, 0.717) is 11.8 Å². The summed E-state index contributed by atoms with van der Waals surface area (Å²) >= 11 is 0. The van der Waals surface area contributed by atoms with Crippen LogP contribution in [0.4, 0.5) is 17.5 Å². The first-order valence-electron chi connectivity index (χ1n) is 6.67. The molecular weight excluding hydrogens is 268 g/mol. The molecule has 2 N–H and O–H groups in total. The fourth-order valence-corrected chi connectivity index (χ4v) is 1.72. The number of aromatic nitrogens is 3. The van der Waals surface area contributed by atoms with Gasteiger partial charge in [-0.05, 0) is 26.2 Å². The second-order valence-corrected chi connectivity index (χ2v) is 4.72. The number of benzene rings is 1. The van der Waals surface area contributed by atoms with Gasteiger partial charge in [-0.25, -0.2) is 0 Å². The molecule has 7 nitrogen and oxygen atoms in total. The van der Waals surface area contributed by atoms with Gasteiger partial charge in [-0.2, -0.15) is 10.1 Å². The Morgan fingerprint density at radius 2 is 2.05 bits per heavy atom. The Hall–Kier alpha value is -2.41. The lowest BCUT2D eigenvalue weighted by Gasteiger charge is -2.12. The number of ether oxygens (including phenoxy) is 1. The van der Waals surface area contributed by atoms with Crippen LogP contribution in [0.25, 0.3) is 0 Å². The average Bonchev–Trinajstić information content (AvgIpc) is 2.48. The van der Waals surface area contributed by atoms with E-state index in [0.717, 1.165) is 24.5 Å². The zero-order valence-electron chi connectivity index (χ0n) is 12.5. The van der Waals surface area contributed by atoms with Crippen LogP contribution in [0, 0.1) is 0 Å². The summed E-state index contributed by atoms with van der Waals surface area (Å²) in [5.74, 6) is 1.84. The molecule has 1 aromatic carbocycles. The zero-order valence-corrected chi connectivity index (χ0v) is 12.5. The minimum absolute atomic E-state index is 0.425. The van der Waals surface area contributed by atoms with Gasteiger partial charge in [0.15, 0.2) is 5.82 Å². The lowest BCUT2D eigenvalue weighted by Crippen LogP contribution is -2.21. The standard InChI is InChI=1S/C14H20N6O/c1-20(2)9-8-15-13-10-16-19-14(18-13)17-11-6-4-5-7-12(11)21-3/h4-7,10H,8-9H2,1-3H3,(H2,15,17,18,19). The van der Waals surface area contributed by atoms with Crippen LogP contribution in [-0.4, -0.2) is 54.4 Å². The van der Waals surface area contributed by atoms with E-state index in [-0.39, 0.29) is 0 Å². The van der Waals surface area contributed by atoms with E-state index >= 15 is 0 Å². The van der Waals surface area contributed by atoms with Crippen molar-refractivity contribution >= 4 is 17.5 Å². The molecule has 0 radical (unpaired) electrons. The highest BCUT2D eigenvalue weighted by Crippen LogP contribution is 2.25. The summed E-state index contributed by atoms with van der Waals surface area (Å²) < 4.78 is 5.28. The highest BCUT2D eigenvalue weighted by Gasteiger charge is 2.05. The maximum Gasteiger partial charge on any atom is 0.249 e. The lowest BCUT2D eigenvalue weighted by molar-refractivity contribution is 0.417. The molecule has 1 aromatic heterocycles. The van der Waals surface area contributed by atoms with Crippen molar-refractivity contribution in [3.05, 3.63) is 30.5 Å². The van der Waals surface area contributed by atoms with Gasteiger partial charge >= 0.3 is 0 Å². The number of nitrogens with one attached hydrogen (secondary N) is 2. The summed E-state index contributed by atoms with van der Waals surface area (Å²) in [6, 6.07) is 7.59. The molecule has 0 fully saturated rings. The summed E-state index contributed by atoms with van der Waals surface area (Å²) in [6.07, 6.45) is 1.60. The average molecular weight is 288 g/mol. The van der Waals surface area contributed by atoms with Gasteiger partial charge in [0.2, 0.25) is 5.95 Å². The second kappa shape index (κ2) is 7.39. The van der Waals surface area contributed by atoms with E-state index in [1.807, 2.05) is 38.4 Å². The van der Waals surface area contributed by atoms with Crippen LogP contribution in [-0.2, 0) is 0 Å². The van der Waals surface area contributed by atoms with E-state index in [1.165, 1.54) is 0 Å². The summed E-state index contributed by atoms with van der Waals surface area (Å²) in [4.78, 5) is 6.46. The first-order valence-corrected chi connectivity index (χ1v) is 6.67. The molecule has 0 aliphatic carbocycles. The minimum Gasteiger partial charge on any atom is -0.495 e. The molecule has 2 aromatic rings. The third-order valence-electron chi connectivity index (χ3n) is 2.78. The number of nitrogens with zero attached hydrogens (tertiary/aromatic N) is 4. The molecule has 2 rings (SSSR count). The highest BCUT2D eigenvalue weighted by atomic mass is 16.5. The summed E-state index contributed by atoms with van der Waals surface area (Å²) in [5, 5.41) is 14.2. The van der Waals surface area contributed by atoms with E-state index in [9.17, 15) is 0 Å². The number of methoxy groups -OCH3 is 1. The topological polar surface area (TPSA) is 75.2 Å². The van der Waals surface area contributed by atoms with Crippen LogP contribution in [0.3, 0.4) is 0 Å². The quantitative estimate of drug-likeness (QED) is 0.801. The van der Waals surface area contributed by atoms with Gasteiger partial charge in [0.25, 0.3) is 0 Å². The third-order valence-corrected chi connectivity index (χ3v) is 2.78. The summed E-state index contributed by atoms with van der Waals surface area (Å²) in [7, 11) is 5.67. The smallest absolute Gasteiger partial charge is 0.249 e. The van der Waals surface area contributed by atoms with Gasteiger partial charge in [0.05, 0.1) is 19.0 Å². The number of anilines is 3. The first kappa shape index (κ1) is 15.0. The first-order chi connectivity index (χ1) is 10.2. The maximum absolute atomic E-state index is 5.28. The molecular formula is C14H20N6O. The van der Waals surface area contributed by atoms with Crippen LogP contribution in [0.1, 0.15) is 0 Å². The summed E-state index contributed by atoms with van der Waals surface area (Å²) in [5.41, 5.74) is 0.798. The Morgan fingerprint density at radius 3 is 2.81 bits per heavy atom. The molecule has 1 heterocycles. The number of hydrogen-bond donors (Lipinski definition) is 2. The molecule has 112 valence electrons. The van der Waals surface area contributed by atoms with Gasteiger partial charge in [-0.1, -0.05) is 12.1 Å². The third kappa shape index (κ3) is 4.57. The predicted octanol–water partition coefficient (Wildman–Crippen LogP) is 1.60. The van der Waals surface area contributed by atoms with Gasteiger partial charge < -0.3 is 20.3 Å². The number of rotatable bonds is 7. The van der Waals surface area contributed by atoms with Crippen molar-refractivity contribution in [1.29, 1.82) is 0 Å². The molecule has 0 spiro atoms. The predicted molar refractivity (Wildman–Crippen MR) is 83.1 cm³/mol. The van der Waals surface area contributed by atoms with E-state index in [1.54, 1.807) is 13.3 Å². The van der Waals surface area contributed by atoms with E-state index in [4.69, 9.17) is 4.74 Å². The highest BCUT2D eigenvalue weighted by molar-refractivity contribution is 5.62. The SMILES string of the molecule is COc1ccccc1Nc1nncc(NCCN(C)C)n1. The van der Waals surface area contributed by atoms with Crippen molar-refractivity contribution in [2.45, 2.75) is 0 Å². The minimum atomic E-state index is 0.425. The summed E-state index contributed by atoms with van der Waals surface area (Å²) in [6.45, 7) is 1.71. The second-order valence-electron chi connectivity index (χ2n) is 4.72. The van der Waals surface area contributed by atoms with Crippen molar-refractivity contribution in [3.63, 3.8) is 0 Å². The van der Waals surface area contributed by atoms with E-state index < -0.39 is 0 Å².